The highest BCUT2D eigenvalue weighted by Gasteiger charge is 2.23. The zero-order valence-corrected chi connectivity index (χ0v) is 14.6. The van der Waals surface area contributed by atoms with E-state index in [1.165, 1.54) is 32.2 Å². The summed E-state index contributed by atoms with van der Waals surface area (Å²) < 4.78 is 37.0. The molecule has 9 heteroatoms. The lowest BCUT2D eigenvalue weighted by Crippen LogP contribution is -2.41. The van der Waals surface area contributed by atoms with Gasteiger partial charge in [0.1, 0.15) is 11.5 Å². The Kier molecular flexibility index (Phi) is 5.25. The standard InChI is InChI=1S/C15H19N3O5S/c1-9-7-12(5-6-13(9)22-4)24(20,21)18-11(3)15(19)16-14-8-10(2)23-17-14/h5-8,11,18H,1-4H3,(H,16,17,19)/t11-/m0/s1. The molecule has 8 nitrogen and oxygen atoms in total. The molecule has 0 aliphatic rings. The first kappa shape index (κ1) is 18.0. The quantitative estimate of drug-likeness (QED) is 0.816. The van der Waals surface area contributed by atoms with Crippen molar-refractivity contribution >= 4 is 21.7 Å². The number of ether oxygens (including phenoxy) is 1. The van der Waals surface area contributed by atoms with Crippen molar-refractivity contribution in [3.63, 3.8) is 0 Å². The van der Waals surface area contributed by atoms with Crippen molar-refractivity contribution in [3.05, 3.63) is 35.6 Å². The van der Waals surface area contributed by atoms with E-state index in [1.807, 2.05) is 0 Å². The predicted molar refractivity (Wildman–Crippen MR) is 87.4 cm³/mol. The fourth-order valence-electron chi connectivity index (χ4n) is 2.03. The molecule has 2 aromatic rings. The van der Waals surface area contributed by atoms with Crippen molar-refractivity contribution in [1.82, 2.24) is 9.88 Å². The number of sulfonamides is 1. The number of nitrogens with zero attached hydrogens (tertiary/aromatic N) is 1. The molecular weight excluding hydrogens is 334 g/mol. The average Bonchev–Trinajstić information content (AvgIpc) is 2.91. The van der Waals surface area contributed by atoms with E-state index in [1.54, 1.807) is 19.9 Å². The third-order valence-electron chi connectivity index (χ3n) is 3.28. The minimum Gasteiger partial charge on any atom is -0.496 e. The molecule has 1 aromatic heterocycles. The zero-order chi connectivity index (χ0) is 17.9. The van der Waals surface area contributed by atoms with Crippen LogP contribution in [0.3, 0.4) is 0 Å². The third kappa shape index (κ3) is 4.12. The van der Waals surface area contributed by atoms with Gasteiger partial charge in [0, 0.05) is 6.07 Å². The Hall–Kier alpha value is -2.39. The Morgan fingerprint density at radius 2 is 2.00 bits per heavy atom. The molecule has 1 amide bonds. The van der Waals surface area contributed by atoms with Crippen molar-refractivity contribution in [3.8, 4) is 5.75 Å². The zero-order valence-electron chi connectivity index (χ0n) is 13.8. The second-order valence-electron chi connectivity index (χ2n) is 5.29. The van der Waals surface area contributed by atoms with Gasteiger partial charge in [-0.3, -0.25) is 4.79 Å². The molecule has 0 spiro atoms. The van der Waals surface area contributed by atoms with Gasteiger partial charge in [-0.2, -0.15) is 4.72 Å². The normalized spacial score (nSPS) is 12.7. The molecule has 0 aliphatic heterocycles. The van der Waals surface area contributed by atoms with Crippen LogP contribution >= 0.6 is 0 Å². The lowest BCUT2D eigenvalue weighted by Gasteiger charge is -2.14. The largest absolute Gasteiger partial charge is 0.496 e. The second-order valence-corrected chi connectivity index (χ2v) is 7.00. The first-order chi connectivity index (χ1) is 11.2. The number of aromatic nitrogens is 1. The van der Waals surface area contributed by atoms with Crippen LogP contribution in [0.5, 0.6) is 5.75 Å². The number of nitrogens with one attached hydrogen (secondary N) is 2. The van der Waals surface area contributed by atoms with Crippen LogP contribution in [0.4, 0.5) is 5.82 Å². The number of methoxy groups -OCH3 is 1. The summed E-state index contributed by atoms with van der Waals surface area (Å²) in [6.45, 7) is 4.86. The fourth-order valence-corrected chi connectivity index (χ4v) is 3.32. The van der Waals surface area contributed by atoms with Gasteiger partial charge >= 0.3 is 0 Å². The van der Waals surface area contributed by atoms with E-state index in [9.17, 15) is 13.2 Å². The monoisotopic (exact) mass is 353 g/mol. The van der Waals surface area contributed by atoms with Gasteiger partial charge in [0.05, 0.1) is 18.0 Å². The number of rotatable bonds is 6. The molecule has 1 atom stereocenters. The van der Waals surface area contributed by atoms with E-state index in [0.29, 0.717) is 17.1 Å². The van der Waals surface area contributed by atoms with Gasteiger partial charge in [0.2, 0.25) is 15.9 Å². The highest BCUT2D eigenvalue weighted by molar-refractivity contribution is 7.89. The number of hydrogen-bond donors (Lipinski definition) is 2. The predicted octanol–water partition coefficient (Wildman–Crippen LogP) is 1.61. The van der Waals surface area contributed by atoms with Crippen LogP contribution in [-0.2, 0) is 14.8 Å². The summed E-state index contributed by atoms with van der Waals surface area (Å²) in [6, 6.07) is 5.00. The molecule has 0 aliphatic carbocycles. The number of anilines is 1. The summed E-state index contributed by atoms with van der Waals surface area (Å²) in [7, 11) is -2.34. The Morgan fingerprint density at radius 1 is 1.29 bits per heavy atom. The van der Waals surface area contributed by atoms with Crippen molar-refractivity contribution < 1.29 is 22.5 Å². The highest BCUT2D eigenvalue weighted by atomic mass is 32.2. The molecule has 0 fully saturated rings. The average molecular weight is 353 g/mol. The second kappa shape index (κ2) is 7.02. The molecule has 130 valence electrons. The van der Waals surface area contributed by atoms with Gasteiger partial charge in [-0.05, 0) is 44.5 Å². The van der Waals surface area contributed by atoms with Crippen LogP contribution < -0.4 is 14.8 Å². The van der Waals surface area contributed by atoms with E-state index in [0.717, 1.165) is 0 Å². The fraction of sp³-hybridized carbons (Fsp3) is 0.333. The van der Waals surface area contributed by atoms with Crippen molar-refractivity contribution in [2.45, 2.75) is 31.7 Å². The Balaban J connectivity index is 2.10. The summed E-state index contributed by atoms with van der Waals surface area (Å²) in [6.07, 6.45) is 0. The molecule has 24 heavy (non-hydrogen) atoms. The molecular formula is C15H19N3O5S. The molecule has 0 bridgehead atoms. The molecule has 0 saturated carbocycles. The molecule has 2 N–H and O–H groups in total. The van der Waals surface area contributed by atoms with Crippen molar-refractivity contribution in [2.24, 2.45) is 0 Å². The first-order valence-corrected chi connectivity index (χ1v) is 8.62. The summed E-state index contributed by atoms with van der Waals surface area (Å²) in [5.74, 6) is 0.800. The van der Waals surface area contributed by atoms with Gasteiger partial charge < -0.3 is 14.6 Å². The van der Waals surface area contributed by atoms with E-state index in [-0.39, 0.29) is 10.7 Å². The first-order valence-electron chi connectivity index (χ1n) is 7.14. The lowest BCUT2D eigenvalue weighted by atomic mass is 10.2. The summed E-state index contributed by atoms with van der Waals surface area (Å²) in [5.41, 5.74) is 0.676. The minimum atomic E-state index is -3.85. The van der Waals surface area contributed by atoms with E-state index >= 15 is 0 Å². The van der Waals surface area contributed by atoms with Crippen molar-refractivity contribution in [2.75, 3.05) is 12.4 Å². The van der Waals surface area contributed by atoms with Gasteiger partial charge in [0.25, 0.3) is 0 Å². The highest BCUT2D eigenvalue weighted by Crippen LogP contribution is 2.21. The van der Waals surface area contributed by atoms with Crippen LogP contribution in [0.2, 0.25) is 0 Å². The maximum atomic E-state index is 12.4. The van der Waals surface area contributed by atoms with Gasteiger partial charge in [-0.1, -0.05) is 5.16 Å². The Bertz CT molecular complexity index is 845. The number of hydrogen-bond acceptors (Lipinski definition) is 6. The number of carbonyl (C=O) groups excluding carboxylic acids is 1. The molecule has 1 aromatic carbocycles. The van der Waals surface area contributed by atoms with Crippen molar-refractivity contribution in [1.29, 1.82) is 0 Å². The van der Waals surface area contributed by atoms with Gasteiger partial charge in [-0.15, -0.1) is 0 Å². The van der Waals surface area contributed by atoms with Gasteiger partial charge in [0.15, 0.2) is 5.82 Å². The van der Waals surface area contributed by atoms with E-state index in [4.69, 9.17) is 9.26 Å². The Labute approximate surface area is 140 Å². The van der Waals surface area contributed by atoms with E-state index < -0.39 is 22.0 Å². The molecule has 0 saturated heterocycles. The SMILES string of the molecule is COc1ccc(S(=O)(=O)N[C@@H](C)C(=O)Nc2cc(C)on2)cc1C. The summed E-state index contributed by atoms with van der Waals surface area (Å²) in [4.78, 5) is 12.1. The van der Waals surface area contributed by atoms with Crippen LogP contribution in [0.15, 0.2) is 33.7 Å². The van der Waals surface area contributed by atoms with Crippen LogP contribution in [0.25, 0.3) is 0 Å². The summed E-state index contributed by atoms with van der Waals surface area (Å²) >= 11 is 0. The van der Waals surface area contributed by atoms with Crippen LogP contribution in [-0.4, -0.2) is 32.6 Å². The maximum Gasteiger partial charge on any atom is 0.243 e. The summed E-state index contributed by atoms with van der Waals surface area (Å²) in [5, 5.41) is 6.10. The molecule has 2 rings (SSSR count). The third-order valence-corrected chi connectivity index (χ3v) is 4.82. The maximum absolute atomic E-state index is 12.4. The molecule has 1 heterocycles. The topological polar surface area (TPSA) is 111 Å². The van der Waals surface area contributed by atoms with Gasteiger partial charge in [-0.25, -0.2) is 8.42 Å². The minimum absolute atomic E-state index is 0.0535. The smallest absolute Gasteiger partial charge is 0.243 e. The van der Waals surface area contributed by atoms with Crippen LogP contribution in [0, 0.1) is 13.8 Å². The number of carbonyl (C=O) groups is 1. The number of aryl methyl sites for hydroxylation is 2. The van der Waals surface area contributed by atoms with Crippen LogP contribution in [0.1, 0.15) is 18.2 Å². The van der Waals surface area contributed by atoms with E-state index in [2.05, 4.69) is 15.2 Å². The molecule has 0 radical (unpaired) electrons. The number of benzene rings is 1. The lowest BCUT2D eigenvalue weighted by molar-refractivity contribution is -0.117. The Morgan fingerprint density at radius 3 is 2.54 bits per heavy atom. The molecule has 0 unspecified atom stereocenters. The number of amides is 1.